The Balaban J connectivity index is 1.38. The van der Waals surface area contributed by atoms with Crippen LogP contribution >= 0.6 is 11.6 Å². The van der Waals surface area contributed by atoms with E-state index in [4.69, 9.17) is 11.6 Å². The van der Waals surface area contributed by atoms with Crippen LogP contribution in [-0.4, -0.2) is 45.1 Å². The molecule has 6 nitrogen and oxygen atoms in total. The van der Waals surface area contributed by atoms with Crippen molar-refractivity contribution in [3.05, 3.63) is 88.4 Å². The first-order chi connectivity index (χ1) is 16.8. The highest BCUT2D eigenvalue weighted by atomic mass is 35.5. The molecule has 35 heavy (non-hydrogen) atoms. The summed E-state index contributed by atoms with van der Waals surface area (Å²) in [5, 5.41) is 3.62. The summed E-state index contributed by atoms with van der Waals surface area (Å²) in [6.07, 6.45) is 4.07. The summed E-state index contributed by atoms with van der Waals surface area (Å²) in [5.41, 5.74) is 5.10. The Bertz CT molecular complexity index is 1270. The molecule has 8 heteroatoms. The van der Waals surface area contributed by atoms with Crippen LogP contribution in [0, 0.1) is 0 Å². The molecule has 2 N–H and O–H groups in total. The molecule has 0 aliphatic carbocycles. The summed E-state index contributed by atoms with van der Waals surface area (Å²) in [4.78, 5) is 15.0. The van der Waals surface area contributed by atoms with E-state index in [0.717, 1.165) is 48.1 Å². The Kier molecular flexibility index (Phi) is 8.11. The number of likely N-dealkylation sites (tertiary alicyclic amines) is 1. The smallest absolute Gasteiger partial charge is 0.251 e. The normalized spacial score (nSPS) is 14.1. The Morgan fingerprint density at radius 1 is 0.943 bits per heavy atom. The van der Waals surface area contributed by atoms with E-state index in [1.165, 1.54) is 12.8 Å². The van der Waals surface area contributed by atoms with Crippen molar-refractivity contribution in [3.8, 4) is 11.1 Å². The lowest BCUT2D eigenvalue weighted by atomic mass is 10.0. The van der Waals surface area contributed by atoms with E-state index < -0.39 is 10.0 Å². The van der Waals surface area contributed by atoms with Crippen molar-refractivity contribution in [2.24, 2.45) is 0 Å². The Hall–Kier alpha value is -2.87. The number of sulfonamides is 1. The largest absolute Gasteiger partial charge is 0.352 e. The van der Waals surface area contributed by atoms with Gasteiger partial charge in [0, 0.05) is 23.7 Å². The number of anilines is 1. The molecule has 1 amide bonds. The number of nitrogens with zero attached hydrogens (tertiary/aromatic N) is 1. The molecular weight excluding hydrogens is 482 g/mol. The molecule has 4 rings (SSSR count). The minimum absolute atomic E-state index is 0.170. The molecule has 1 aliphatic rings. The van der Waals surface area contributed by atoms with Gasteiger partial charge in [-0.1, -0.05) is 48.0 Å². The molecule has 0 radical (unpaired) electrons. The summed E-state index contributed by atoms with van der Waals surface area (Å²) in [7, 11) is -3.42. The third-order valence-corrected chi connectivity index (χ3v) is 6.92. The Morgan fingerprint density at radius 2 is 1.57 bits per heavy atom. The fourth-order valence-electron chi connectivity index (χ4n) is 4.30. The van der Waals surface area contributed by atoms with E-state index in [-0.39, 0.29) is 5.91 Å². The van der Waals surface area contributed by atoms with E-state index in [0.29, 0.717) is 29.2 Å². The standard InChI is InChI=1S/C27H30ClN3O3S/c1-35(33,34)30-26-18-20(19-31-16-2-3-17-31)4-5-23(26)14-15-29-27(32)24-8-6-21(7-9-24)22-10-12-25(28)13-11-22/h4-13,18,30H,2-3,14-17,19H2,1H3,(H,29,32). The Labute approximate surface area is 212 Å². The van der Waals surface area contributed by atoms with Gasteiger partial charge in [0.05, 0.1) is 11.9 Å². The van der Waals surface area contributed by atoms with Crippen molar-refractivity contribution < 1.29 is 13.2 Å². The van der Waals surface area contributed by atoms with Crippen molar-refractivity contribution >= 4 is 33.2 Å². The number of halogens is 1. The molecule has 1 fully saturated rings. The van der Waals surface area contributed by atoms with E-state index in [1.54, 1.807) is 12.1 Å². The summed E-state index contributed by atoms with van der Waals surface area (Å²) in [6, 6.07) is 20.9. The maximum atomic E-state index is 12.6. The second kappa shape index (κ2) is 11.2. The van der Waals surface area contributed by atoms with Crippen LogP contribution in [0.5, 0.6) is 0 Å². The van der Waals surface area contributed by atoms with Crippen molar-refractivity contribution in [1.82, 2.24) is 10.2 Å². The van der Waals surface area contributed by atoms with Crippen LogP contribution in [0.15, 0.2) is 66.7 Å². The SMILES string of the molecule is CS(=O)(=O)Nc1cc(CN2CCCC2)ccc1CCNC(=O)c1ccc(-c2ccc(Cl)cc2)cc1. The fourth-order valence-corrected chi connectivity index (χ4v) is 5.02. The van der Waals surface area contributed by atoms with E-state index in [1.807, 2.05) is 54.6 Å². The molecule has 1 saturated heterocycles. The van der Waals surface area contributed by atoms with E-state index in [2.05, 4.69) is 14.9 Å². The molecule has 184 valence electrons. The highest BCUT2D eigenvalue weighted by molar-refractivity contribution is 7.92. The average molecular weight is 512 g/mol. The van der Waals surface area contributed by atoms with E-state index in [9.17, 15) is 13.2 Å². The molecule has 0 unspecified atom stereocenters. The van der Waals surface area contributed by atoms with Gasteiger partial charge in [-0.15, -0.1) is 0 Å². The monoisotopic (exact) mass is 511 g/mol. The summed E-state index contributed by atoms with van der Waals surface area (Å²) in [6.45, 7) is 3.34. The van der Waals surface area contributed by atoms with Crippen LogP contribution in [0.3, 0.4) is 0 Å². The van der Waals surface area contributed by atoms with Gasteiger partial charge in [-0.2, -0.15) is 0 Å². The average Bonchev–Trinajstić information content (AvgIpc) is 3.33. The van der Waals surface area contributed by atoms with Gasteiger partial charge < -0.3 is 5.32 Å². The summed E-state index contributed by atoms with van der Waals surface area (Å²) >= 11 is 5.95. The maximum absolute atomic E-state index is 12.6. The minimum atomic E-state index is -3.42. The van der Waals surface area contributed by atoms with Crippen molar-refractivity contribution in [2.75, 3.05) is 30.6 Å². The van der Waals surface area contributed by atoms with Crippen LogP contribution in [-0.2, 0) is 23.0 Å². The van der Waals surface area contributed by atoms with Crippen LogP contribution in [0.25, 0.3) is 11.1 Å². The van der Waals surface area contributed by atoms with Gasteiger partial charge in [0.15, 0.2) is 0 Å². The lowest BCUT2D eigenvalue weighted by Crippen LogP contribution is -2.26. The van der Waals surface area contributed by atoms with Gasteiger partial charge in [-0.3, -0.25) is 14.4 Å². The van der Waals surface area contributed by atoms with Crippen molar-refractivity contribution in [3.63, 3.8) is 0 Å². The molecule has 0 bridgehead atoms. The molecule has 1 aliphatic heterocycles. The van der Waals surface area contributed by atoms with Gasteiger partial charge in [0.1, 0.15) is 0 Å². The predicted octanol–water partition coefficient (Wildman–Crippen LogP) is 4.95. The fraction of sp³-hybridized carbons (Fsp3) is 0.296. The molecular formula is C27H30ClN3O3S. The van der Waals surface area contributed by atoms with Crippen LogP contribution in [0.2, 0.25) is 5.02 Å². The molecule has 0 atom stereocenters. The molecule has 0 aromatic heterocycles. The van der Waals surface area contributed by atoms with Crippen LogP contribution in [0.4, 0.5) is 5.69 Å². The molecule has 1 heterocycles. The van der Waals surface area contributed by atoms with Crippen molar-refractivity contribution in [2.45, 2.75) is 25.8 Å². The topological polar surface area (TPSA) is 78.5 Å². The van der Waals surface area contributed by atoms with Crippen LogP contribution in [0.1, 0.15) is 34.3 Å². The minimum Gasteiger partial charge on any atom is -0.352 e. The number of rotatable bonds is 9. The highest BCUT2D eigenvalue weighted by Crippen LogP contribution is 2.23. The first kappa shape index (κ1) is 25.2. The number of amides is 1. The Morgan fingerprint density at radius 3 is 2.20 bits per heavy atom. The molecule has 0 spiro atoms. The third kappa shape index (κ3) is 7.31. The lowest BCUT2D eigenvalue weighted by molar-refractivity contribution is 0.0954. The summed E-state index contributed by atoms with van der Waals surface area (Å²) in [5.74, 6) is -0.170. The molecule has 3 aromatic rings. The molecule has 3 aromatic carbocycles. The summed E-state index contributed by atoms with van der Waals surface area (Å²) < 4.78 is 26.5. The second-order valence-corrected chi connectivity index (χ2v) is 11.1. The predicted molar refractivity (Wildman–Crippen MR) is 142 cm³/mol. The van der Waals surface area contributed by atoms with Gasteiger partial charge in [0.2, 0.25) is 10.0 Å². The zero-order valence-electron chi connectivity index (χ0n) is 19.8. The second-order valence-electron chi connectivity index (χ2n) is 8.94. The van der Waals surface area contributed by atoms with Gasteiger partial charge >= 0.3 is 0 Å². The number of carbonyl (C=O) groups is 1. The van der Waals surface area contributed by atoms with Crippen molar-refractivity contribution in [1.29, 1.82) is 0 Å². The zero-order valence-corrected chi connectivity index (χ0v) is 21.3. The van der Waals surface area contributed by atoms with Crippen LogP contribution < -0.4 is 10.0 Å². The number of hydrogen-bond donors (Lipinski definition) is 2. The molecule has 0 saturated carbocycles. The number of benzene rings is 3. The van der Waals surface area contributed by atoms with Gasteiger partial charge in [-0.05, 0) is 84.9 Å². The third-order valence-electron chi connectivity index (χ3n) is 6.08. The lowest BCUT2D eigenvalue weighted by Gasteiger charge is -2.17. The number of carbonyl (C=O) groups excluding carboxylic acids is 1. The first-order valence-corrected chi connectivity index (χ1v) is 14.0. The van der Waals surface area contributed by atoms with E-state index >= 15 is 0 Å². The first-order valence-electron chi connectivity index (χ1n) is 11.7. The quantitative estimate of drug-likeness (QED) is 0.426. The zero-order chi connectivity index (χ0) is 24.8. The highest BCUT2D eigenvalue weighted by Gasteiger charge is 2.14. The maximum Gasteiger partial charge on any atom is 0.251 e. The van der Waals surface area contributed by atoms with Gasteiger partial charge in [0.25, 0.3) is 5.91 Å². The number of hydrogen-bond acceptors (Lipinski definition) is 4. The number of nitrogens with one attached hydrogen (secondary N) is 2. The van der Waals surface area contributed by atoms with Gasteiger partial charge in [-0.25, -0.2) is 8.42 Å².